The Bertz CT molecular complexity index is 272. The van der Waals surface area contributed by atoms with Gasteiger partial charge in [0.15, 0.2) is 0 Å². The van der Waals surface area contributed by atoms with Crippen molar-refractivity contribution in [3.05, 3.63) is 0 Å². The van der Waals surface area contributed by atoms with E-state index >= 15 is 0 Å². The van der Waals surface area contributed by atoms with Crippen LogP contribution in [0, 0.1) is 18.3 Å². The lowest BCUT2D eigenvalue weighted by molar-refractivity contribution is -0.121. The van der Waals surface area contributed by atoms with Crippen LogP contribution >= 0.6 is 0 Å². The molecule has 1 rings (SSSR count). The van der Waals surface area contributed by atoms with Crippen molar-refractivity contribution >= 4 is 5.91 Å². The highest BCUT2D eigenvalue weighted by atomic mass is 16.2. The van der Waals surface area contributed by atoms with Crippen molar-refractivity contribution in [2.45, 2.75) is 19.4 Å². The van der Waals surface area contributed by atoms with Crippen LogP contribution in [0.25, 0.3) is 0 Å². The van der Waals surface area contributed by atoms with Gasteiger partial charge in [-0.05, 0) is 25.9 Å². The Morgan fingerprint density at radius 1 is 1.62 bits per heavy atom. The number of rotatable bonds is 4. The molecule has 1 saturated heterocycles. The summed E-state index contributed by atoms with van der Waals surface area (Å²) < 4.78 is 0. The van der Waals surface area contributed by atoms with E-state index in [1.54, 1.807) is 0 Å². The Morgan fingerprint density at radius 3 is 3.00 bits per heavy atom. The monoisotopic (exact) mass is 223 g/mol. The molecule has 4 heteroatoms. The van der Waals surface area contributed by atoms with Crippen molar-refractivity contribution in [3.63, 3.8) is 0 Å². The minimum absolute atomic E-state index is 0.0386. The van der Waals surface area contributed by atoms with Crippen molar-refractivity contribution in [2.24, 2.45) is 5.92 Å². The molecule has 0 saturated carbocycles. The highest BCUT2D eigenvalue weighted by Crippen LogP contribution is 2.14. The van der Waals surface area contributed by atoms with Gasteiger partial charge in [0.1, 0.15) is 0 Å². The van der Waals surface area contributed by atoms with Gasteiger partial charge in [-0.25, -0.2) is 0 Å². The van der Waals surface area contributed by atoms with E-state index in [4.69, 9.17) is 6.42 Å². The largest absolute Gasteiger partial charge is 0.352 e. The van der Waals surface area contributed by atoms with Gasteiger partial charge in [0, 0.05) is 12.6 Å². The highest BCUT2D eigenvalue weighted by Gasteiger charge is 2.24. The zero-order valence-electron chi connectivity index (χ0n) is 10.1. The predicted octanol–water partition coefficient (Wildman–Crippen LogP) is -0.334. The van der Waals surface area contributed by atoms with Gasteiger partial charge in [0.2, 0.25) is 5.91 Å². The normalized spacial score (nSPS) is 26.1. The van der Waals surface area contributed by atoms with Crippen LogP contribution in [0.15, 0.2) is 0 Å². The van der Waals surface area contributed by atoms with Crippen LogP contribution in [-0.2, 0) is 4.79 Å². The van der Waals surface area contributed by atoms with E-state index in [1.807, 2.05) is 0 Å². The fourth-order valence-corrected chi connectivity index (χ4v) is 2.07. The topological polar surface area (TPSA) is 44.4 Å². The number of piperidine rings is 1. The summed E-state index contributed by atoms with van der Waals surface area (Å²) in [6, 6.07) is 0.302. The number of hydrogen-bond acceptors (Lipinski definition) is 3. The molecule has 0 bridgehead atoms. The molecule has 0 aliphatic carbocycles. The quantitative estimate of drug-likeness (QED) is 0.506. The maximum atomic E-state index is 11.6. The van der Waals surface area contributed by atoms with Crippen molar-refractivity contribution < 1.29 is 4.79 Å². The van der Waals surface area contributed by atoms with Crippen LogP contribution in [0.1, 0.15) is 13.3 Å². The fraction of sp³-hybridized carbons (Fsp3) is 0.750. The number of carbonyl (C=O) groups is 1. The first-order valence-corrected chi connectivity index (χ1v) is 5.75. The van der Waals surface area contributed by atoms with Gasteiger partial charge in [-0.15, -0.1) is 6.42 Å². The first-order valence-electron chi connectivity index (χ1n) is 5.75. The second-order valence-corrected chi connectivity index (χ2v) is 4.51. The maximum absolute atomic E-state index is 11.6. The maximum Gasteiger partial charge on any atom is 0.234 e. The fourth-order valence-electron chi connectivity index (χ4n) is 2.07. The molecule has 0 radical (unpaired) electrons. The standard InChI is InChI=1S/C12H21N3O/c1-4-6-13-8-12(16)14-11-5-7-15(3)9-10(11)2/h1,10-11,13H,5-9H2,2-3H3,(H,14,16). The summed E-state index contributed by atoms with van der Waals surface area (Å²) in [6.07, 6.45) is 6.11. The molecule has 4 nitrogen and oxygen atoms in total. The van der Waals surface area contributed by atoms with Crippen molar-refractivity contribution in [1.29, 1.82) is 0 Å². The third kappa shape index (κ3) is 4.21. The van der Waals surface area contributed by atoms with Crippen molar-refractivity contribution in [1.82, 2.24) is 15.5 Å². The average molecular weight is 223 g/mol. The summed E-state index contributed by atoms with van der Waals surface area (Å²) in [6.45, 7) is 5.02. The lowest BCUT2D eigenvalue weighted by atomic mass is 9.94. The Morgan fingerprint density at radius 2 is 2.38 bits per heavy atom. The Balaban J connectivity index is 2.26. The summed E-state index contributed by atoms with van der Waals surface area (Å²) in [4.78, 5) is 13.9. The van der Waals surface area contributed by atoms with Gasteiger partial charge in [-0.1, -0.05) is 12.8 Å². The summed E-state index contributed by atoms with van der Waals surface area (Å²) >= 11 is 0. The molecular formula is C12H21N3O. The van der Waals surface area contributed by atoms with E-state index in [9.17, 15) is 4.79 Å². The summed E-state index contributed by atoms with van der Waals surface area (Å²) in [5.41, 5.74) is 0. The highest BCUT2D eigenvalue weighted by molar-refractivity contribution is 5.78. The molecule has 1 aliphatic heterocycles. The molecule has 1 aliphatic rings. The Hall–Kier alpha value is -1.05. The second-order valence-electron chi connectivity index (χ2n) is 4.51. The van der Waals surface area contributed by atoms with E-state index in [2.05, 4.69) is 35.4 Å². The predicted molar refractivity (Wildman–Crippen MR) is 64.9 cm³/mol. The van der Waals surface area contributed by atoms with Gasteiger partial charge < -0.3 is 10.2 Å². The van der Waals surface area contributed by atoms with E-state index in [0.29, 0.717) is 25.0 Å². The van der Waals surface area contributed by atoms with Crippen LogP contribution in [0.2, 0.25) is 0 Å². The van der Waals surface area contributed by atoms with Gasteiger partial charge >= 0.3 is 0 Å². The number of hydrogen-bond donors (Lipinski definition) is 2. The van der Waals surface area contributed by atoms with Crippen LogP contribution in [0.5, 0.6) is 0 Å². The van der Waals surface area contributed by atoms with Crippen molar-refractivity contribution in [3.8, 4) is 12.3 Å². The number of nitrogens with one attached hydrogen (secondary N) is 2. The van der Waals surface area contributed by atoms with Crippen LogP contribution in [0.4, 0.5) is 0 Å². The Kier molecular flexibility index (Phi) is 5.30. The lowest BCUT2D eigenvalue weighted by Crippen LogP contribution is -2.50. The molecule has 2 N–H and O–H groups in total. The number of nitrogens with zero attached hydrogens (tertiary/aromatic N) is 1. The number of likely N-dealkylation sites (tertiary alicyclic amines) is 1. The first-order chi connectivity index (χ1) is 7.63. The molecule has 1 heterocycles. The molecule has 0 aromatic heterocycles. The molecule has 16 heavy (non-hydrogen) atoms. The average Bonchev–Trinajstić information content (AvgIpc) is 2.23. The third-order valence-electron chi connectivity index (χ3n) is 2.97. The Labute approximate surface area is 97.8 Å². The molecule has 0 spiro atoms. The molecule has 0 aromatic carbocycles. The number of carbonyl (C=O) groups excluding carboxylic acids is 1. The SMILES string of the molecule is C#CCNCC(=O)NC1CCN(C)CC1C. The first kappa shape index (κ1) is 13.0. The summed E-state index contributed by atoms with van der Waals surface area (Å²) in [7, 11) is 2.11. The summed E-state index contributed by atoms with van der Waals surface area (Å²) in [5, 5.41) is 5.94. The van der Waals surface area contributed by atoms with E-state index in [-0.39, 0.29) is 5.91 Å². The lowest BCUT2D eigenvalue weighted by Gasteiger charge is -2.35. The van der Waals surface area contributed by atoms with E-state index in [1.165, 1.54) is 0 Å². The molecule has 1 fully saturated rings. The van der Waals surface area contributed by atoms with Gasteiger partial charge in [-0.2, -0.15) is 0 Å². The van der Waals surface area contributed by atoms with E-state index < -0.39 is 0 Å². The minimum atomic E-state index is 0.0386. The second kappa shape index (κ2) is 6.51. The molecule has 0 aromatic rings. The molecular weight excluding hydrogens is 202 g/mol. The summed E-state index contributed by atoms with van der Waals surface area (Å²) in [5.74, 6) is 2.99. The van der Waals surface area contributed by atoms with Gasteiger partial charge in [0.05, 0.1) is 13.1 Å². The van der Waals surface area contributed by atoms with Crippen LogP contribution in [-0.4, -0.2) is 50.1 Å². The van der Waals surface area contributed by atoms with Crippen LogP contribution in [0.3, 0.4) is 0 Å². The molecule has 2 atom stereocenters. The number of terminal acetylenes is 1. The number of amides is 1. The van der Waals surface area contributed by atoms with Crippen LogP contribution < -0.4 is 10.6 Å². The molecule has 90 valence electrons. The van der Waals surface area contributed by atoms with Gasteiger partial charge in [-0.3, -0.25) is 10.1 Å². The zero-order chi connectivity index (χ0) is 12.0. The van der Waals surface area contributed by atoms with Crippen molar-refractivity contribution in [2.75, 3.05) is 33.2 Å². The third-order valence-corrected chi connectivity index (χ3v) is 2.97. The molecule has 2 unspecified atom stereocenters. The smallest absolute Gasteiger partial charge is 0.234 e. The zero-order valence-corrected chi connectivity index (χ0v) is 10.1. The molecule has 1 amide bonds. The van der Waals surface area contributed by atoms with Gasteiger partial charge in [0.25, 0.3) is 0 Å². The minimum Gasteiger partial charge on any atom is -0.352 e. The van der Waals surface area contributed by atoms with E-state index in [0.717, 1.165) is 19.5 Å².